The number of aliphatic hydroxyl groups is 1. The first kappa shape index (κ1) is 147. The van der Waals surface area contributed by atoms with Crippen molar-refractivity contribution in [1.82, 2.24) is 0 Å². The summed E-state index contributed by atoms with van der Waals surface area (Å²) in [7, 11) is 1.34. The Hall–Kier alpha value is -14.9. The van der Waals surface area contributed by atoms with E-state index in [4.69, 9.17) is 94.7 Å². The number of methoxy groups -OCH3 is 1. The van der Waals surface area contributed by atoms with E-state index in [9.17, 15) is 113 Å². The molecule has 0 heterocycles. The molecule has 1 atom stereocenters. The fourth-order valence-electron chi connectivity index (χ4n) is 10.5. The highest BCUT2D eigenvalue weighted by atomic mass is 19.4. The van der Waals surface area contributed by atoms with Gasteiger partial charge in [-0.05, 0) is 194 Å². The maximum atomic E-state index is 11.7. The van der Waals surface area contributed by atoms with Gasteiger partial charge in [0.15, 0.2) is 5.60 Å². The van der Waals surface area contributed by atoms with Crippen LogP contribution in [0, 0.1) is 24.8 Å². The third-order valence-electron chi connectivity index (χ3n) is 17.9. The summed E-state index contributed by atoms with van der Waals surface area (Å²) in [5.41, 5.74) is 7.47. The first-order chi connectivity index (χ1) is 68.3. The molecule has 43 heteroatoms. The van der Waals surface area contributed by atoms with Crippen LogP contribution in [0.1, 0.15) is 297 Å². The van der Waals surface area contributed by atoms with Crippen molar-refractivity contribution in [1.29, 1.82) is 0 Å². The standard InChI is InChI=1S/C15H12O2.3C11H14O2.C8H14O3.C7H10O3.C7H12O3.C6H10O3.C5H8O2.C5H6O2.C4H3F5O2.2C4H8O3.C3H3NO2.C3H6O3/c16-15(17)9-14-12-7-3-1-5-10(12)11-6-2-4-8-13(11)14;1-11(2,3)9-6-4-8(5-7-9)10(12)13;1-2-3-4-9-5-7-10(8-6-9)11(12)13;12-11(13)9-5-4-8-10-6-2-1-3-7-10;1-7(9)5-3-2-4-6-8(10)11;8-6-4-2-1-3-5(6)7(9)10;1-6(8)4-2-3-5-7(9)10;1-5(7)3-2-4-6(8)9;2*1-2-3-4-5(6)7;5-3(6,1-2(10)11)4(7,8)9;1-4(2,7)3(5)6;1-2-7-3-4(5)6;1-4-2-3(5)6;1-6-2-3(4)5/h1-8,14H,9H2,(H,16,17);4-7H,1-3H3,(H,12,13);5-8H,2-4H2,1H3,(H,12,13);1-3,6-7H,4-5,8-9H2,(H,12,13);2-6H2,1H3,(H,10,11);5H,1-4H2,(H,9,10);2-5H2,1H3,(H,9,10);2-4H2,1H3,(H,8,9);2H,1,3-4H2,(H,6,7);1H,3-4H2,(H,6,7);1H2,(H,10,11);7H,1-2H3,(H,5,6);2-3H2,1H3,(H,5,6);2H2,(H,5,6);2H2,1H3,(H,4,5). The fourth-order valence-corrected chi connectivity index (χ4v) is 10.5. The smallest absolute Gasteiger partial charge is 0.453 e. The number of carbonyl (C=O) groups excluding carboxylic acids is 4. The van der Waals surface area contributed by atoms with Crippen LogP contribution in [0.2, 0.25) is 0 Å². The van der Waals surface area contributed by atoms with E-state index < -0.39 is 126 Å². The van der Waals surface area contributed by atoms with Gasteiger partial charge in [-0.15, -0.1) is 18.9 Å². The average Bonchev–Trinajstić information content (AvgIpc) is 1.61. The number of alkyl halides is 5. The van der Waals surface area contributed by atoms with Crippen molar-refractivity contribution in [3.8, 4) is 23.5 Å². The first-order valence-corrected chi connectivity index (χ1v) is 45.6. The summed E-state index contributed by atoms with van der Waals surface area (Å²) < 4.78 is 65.6. The highest BCUT2D eigenvalue weighted by Crippen LogP contribution is 2.46. The maximum absolute atomic E-state index is 11.7. The van der Waals surface area contributed by atoms with Gasteiger partial charge in [0.2, 0.25) is 0 Å². The van der Waals surface area contributed by atoms with Crippen LogP contribution >= 0.6 is 0 Å². The highest BCUT2D eigenvalue weighted by Gasteiger charge is 2.58. The number of allylic oxidation sites excluding steroid dienone is 1. The molecule has 2 aliphatic rings. The lowest BCUT2D eigenvalue weighted by Crippen LogP contribution is -2.38. The minimum absolute atomic E-state index is 0.0000926. The summed E-state index contributed by atoms with van der Waals surface area (Å²) in [6.45, 7) is 26.2. The number of hydrogen-bond acceptors (Lipinski definition) is 22. The number of fused-ring (bicyclic) bond motifs is 3. The zero-order valence-corrected chi connectivity index (χ0v) is 84.5. The molecule has 38 nitrogen and oxygen atoms in total. The van der Waals surface area contributed by atoms with E-state index in [1.807, 2.05) is 78.9 Å². The van der Waals surface area contributed by atoms with Gasteiger partial charge in [0, 0.05) is 83.8 Å². The van der Waals surface area contributed by atoms with E-state index in [2.05, 4.69) is 78.8 Å². The molecular formula is C104H142F5NO37. The topological polar surface area (TPSA) is 671 Å². The highest BCUT2D eigenvalue weighted by molar-refractivity contribution is 5.98. The van der Waals surface area contributed by atoms with Gasteiger partial charge in [0.1, 0.15) is 48.7 Å². The lowest BCUT2D eigenvalue weighted by Gasteiger charge is -2.18. The van der Waals surface area contributed by atoms with Crippen LogP contribution in [0.15, 0.2) is 140 Å². The van der Waals surface area contributed by atoms with Gasteiger partial charge in [-0.1, -0.05) is 156 Å². The predicted octanol–water partition coefficient (Wildman–Crippen LogP) is 18.5. The molecule has 1 unspecified atom stereocenters. The van der Waals surface area contributed by atoms with Crippen molar-refractivity contribution >= 4 is 113 Å². The molecule has 0 radical (unpaired) electrons. The Balaban J connectivity index is -0.000000237. The zero-order valence-electron chi connectivity index (χ0n) is 84.5. The third kappa shape index (κ3) is 97.0. The van der Waals surface area contributed by atoms with Crippen LogP contribution in [0.25, 0.3) is 16.0 Å². The molecule has 0 aliphatic heterocycles. The van der Waals surface area contributed by atoms with E-state index >= 15 is 0 Å². The Bertz CT molecular complexity index is 4740. The summed E-state index contributed by atoms with van der Waals surface area (Å²) in [6.07, 6.45) is 14.8. The van der Waals surface area contributed by atoms with Crippen molar-refractivity contribution in [2.45, 2.75) is 284 Å². The molecule has 5 aromatic carbocycles. The number of carboxylic acids is 15. The van der Waals surface area contributed by atoms with E-state index in [1.165, 1.54) is 63.5 Å². The van der Waals surface area contributed by atoms with Crippen molar-refractivity contribution in [2.75, 3.05) is 33.5 Å². The zero-order chi connectivity index (χ0) is 115. The number of unbranched alkanes of at least 4 members (excludes halogenated alkanes) is 5. The number of aryl methyl sites for hydroxylation is 2. The summed E-state index contributed by atoms with van der Waals surface area (Å²) in [5.74, 6) is -17.8. The number of aromatic carboxylic acids is 2. The number of carboxylic acid groups (broad SMARTS) is 15. The molecule has 0 saturated heterocycles. The number of carbonyl (C=O) groups is 19. The summed E-state index contributed by atoms with van der Waals surface area (Å²) >= 11 is 0. The minimum atomic E-state index is -5.79. The van der Waals surface area contributed by atoms with Crippen LogP contribution < -0.4 is 0 Å². The minimum Gasteiger partial charge on any atom is -0.481 e. The Morgan fingerprint density at radius 3 is 1.13 bits per heavy atom. The van der Waals surface area contributed by atoms with Crippen LogP contribution in [0.3, 0.4) is 0 Å². The number of rotatable bonds is 42. The predicted molar refractivity (Wildman–Crippen MR) is 529 cm³/mol. The van der Waals surface area contributed by atoms with Gasteiger partial charge >= 0.3 is 108 Å². The number of aliphatic carboxylic acids is 13. The third-order valence-corrected chi connectivity index (χ3v) is 17.9. The summed E-state index contributed by atoms with van der Waals surface area (Å²) in [5, 5.41) is 131. The fraction of sp³-hybridized carbons (Fsp3) is 0.481. The second-order valence-corrected chi connectivity index (χ2v) is 32.7. The van der Waals surface area contributed by atoms with E-state index in [0.717, 1.165) is 74.5 Å². The Morgan fingerprint density at radius 2 is 0.844 bits per heavy atom. The van der Waals surface area contributed by atoms with Crippen LogP contribution in [0.5, 0.6) is 0 Å². The number of benzene rings is 5. The molecule has 2 aliphatic carbocycles. The number of nitrogens with zero attached hydrogens (tertiary/aromatic N) is 1. The molecule has 147 heavy (non-hydrogen) atoms. The van der Waals surface area contributed by atoms with Crippen LogP contribution in [-0.4, -0.2) is 246 Å². The number of Topliss-reactive ketones (excluding diaryl/α,β-unsaturated/α-hetero) is 4. The molecule has 0 spiro atoms. The molecule has 1 saturated carbocycles. The molecule has 1 fully saturated rings. The van der Waals surface area contributed by atoms with Gasteiger partial charge in [-0.2, -0.15) is 22.0 Å². The van der Waals surface area contributed by atoms with Crippen LogP contribution in [-0.2, 0) is 109 Å². The summed E-state index contributed by atoms with van der Waals surface area (Å²) in [6, 6.07) is 40.4. The molecule has 16 N–H and O–H groups in total. The molecule has 7 rings (SSSR count). The lowest BCUT2D eigenvalue weighted by atomic mass is 9.87. The van der Waals surface area contributed by atoms with Gasteiger partial charge in [-0.25, -0.2) is 35.3 Å². The molecule has 0 bridgehead atoms. The van der Waals surface area contributed by atoms with E-state index in [0.29, 0.717) is 88.4 Å². The van der Waals surface area contributed by atoms with Crippen molar-refractivity contribution in [2.24, 2.45) is 5.92 Å². The Morgan fingerprint density at radius 1 is 0.463 bits per heavy atom. The monoisotopic (exact) mass is 2090 g/mol. The number of ketones is 4. The van der Waals surface area contributed by atoms with E-state index in [-0.39, 0.29) is 92.6 Å². The van der Waals surface area contributed by atoms with E-state index in [1.54, 1.807) is 44.2 Å². The van der Waals surface area contributed by atoms with Crippen molar-refractivity contribution in [3.05, 3.63) is 190 Å². The van der Waals surface area contributed by atoms with Gasteiger partial charge in [0.25, 0.3) is 0 Å². The average molecular weight is 2090 g/mol. The van der Waals surface area contributed by atoms with Crippen molar-refractivity contribution < 1.29 is 204 Å². The number of halogens is 5. The molecule has 5 aromatic rings. The Kier molecular flexibility index (Phi) is 89.1. The first-order valence-electron chi connectivity index (χ1n) is 45.6. The molecular weight excluding hydrogens is 1950 g/mol. The second-order valence-electron chi connectivity index (χ2n) is 32.7. The molecule has 0 aromatic heterocycles. The van der Waals surface area contributed by atoms with Gasteiger partial charge < -0.3 is 110 Å². The van der Waals surface area contributed by atoms with Crippen molar-refractivity contribution in [3.63, 3.8) is 0 Å². The van der Waals surface area contributed by atoms with Gasteiger partial charge in [-0.3, -0.25) is 47.9 Å². The summed E-state index contributed by atoms with van der Waals surface area (Å²) in [4.78, 5) is 194. The lowest BCUT2D eigenvalue weighted by molar-refractivity contribution is -0.283. The van der Waals surface area contributed by atoms with Crippen LogP contribution in [0.4, 0.5) is 22.0 Å². The quantitative estimate of drug-likeness (QED) is 0.00431. The maximum Gasteiger partial charge on any atom is 0.453 e. The number of hydrogen-bond donors (Lipinski definition) is 16. The molecule has 820 valence electrons. The number of terminal acetylenes is 1. The largest absolute Gasteiger partial charge is 0.481 e. The second kappa shape index (κ2) is 88.8. The molecule has 0 amide bonds. The SMILES string of the molecule is C#CCCC(=O)O.C=CCCC(=O)O.CC(=O)CCCC(=O)O.CC(=O)CCCCC(=O)O.CC(=O)CCCCCC(=O)O.CC(C)(C)c1ccc(C(=O)O)cc1.CC(C)(O)C(=O)O.CCCCc1ccc(C(=O)O)cc1.CCOCC(=O)O.COCC(=O)O.O=C(O)C1CCCCC1=O.O=C(O)CC(F)(F)C(F)(F)F.O=C(O)CC1c2ccccc2-c2ccccc21.O=C(O)CCCCc1ccccc1.[C-]#[N+]CC(=O)O. The normalized spacial score (nSPS) is 11.2. The van der Waals surface area contributed by atoms with Gasteiger partial charge in [0.05, 0.1) is 24.0 Å². The number of ether oxygens (including phenoxy) is 2. The Labute approximate surface area is 850 Å².